The second-order valence-electron chi connectivity index (χ2n) is 7.82. The van der Waals surface area contributed by atoms with Gasteiger partial charge in [-0.05, 0) is 46.8 Å². The van der Waals surface area contributed by atoms with E-state index >= 15 is 0 Å². The third kappa shape index (κ3) is 5.64. The first-order chi connectivity index (χ1) is 12.0. The van der Waals surface area contributed by atoms with Crippen molar-refractivity contribution in [2.24, 2.45) is 4.99 Å². The Morgan fingerprint density at radius 1 is 1.31 bits per heavy atom. The van der Waals surface area contributed by atoms with E-state index in [0.717, 1.165) is 0 Å². The molecule has 0 bridgehead atoms. The fourth-order valence-electron chi connectivity index (χ4n) is 2.38. The van der Waals surface area contributed by atoms with E-state index in [2.05, 4.69) is 4.99 Å². The van der Waals surface area contributed by atoms with Crippen molar-refractivity contribution in [3.8, 4) is 11.5 Å². The summed E-state index contributed by atoms with van der Waals surface area (Å²) in [4.78, 5) is 15.2. The summed E-state index contributed by atoms with van der Waals surface area (Å²) in [6.45, 7) is 10.4. The minimum Gasteiger partial charge on any atom is -0.504 e. The van der Waals surface area contributed by atoms with E-state index in [1.807, 2.05) is 34.6 Å². The minimum absolute atomic E-state index is 0.0189. The number of para-hydroxylation sites is 1. The lowest BCUT2D eigenvalue weighted by molar-refractivity contribution is -0.137. The molecule has 7 heteroatoms. The second-order valence-corrected chi connectivity index (χ2v) is 8.83. The Morgan fingerprint density at radius 2 is 2.00 bits per heavy atom. The number of hydrogen-bond donors (Lipinski definition) is 2. The second kappa shape index (κ2) is 7.88. The Morgan fingerprint density at radius 3 is 2.58 bits per heavy atom. The molecule has 1 aromatic rings. The number of aliphatic imine (C=N–C) groups is 1. The van der Waals surface area contributed by atoms with Crippen LogP contribution in [0.2, 0.25) is 0 Å². The van der Waals surface area contributed by atoms with E-state index in [4.69, 9.17) is 14.6 Å². The van der Waals surface area contributed by atoms with Crippen molar-refractivity contribution < 1.29 is 24.5 Å². The van der Waals surface area contributed by atoms with E-state index in [1.165, 1.54) is 11.8 Å². The van der Waals surface area contributed by atoms with E-state index in [1.54, 1.807) is 18.2 Å². The number of nitrogens with zero attached hydrogens (tertiary/aromatic N) is 1. The van der Waals surface area contributed by atoms with Crippen LogP contribution in [0.25, 0.3) is 0 Å². The van der Waals surface area contributed by atoms with Gasteiger partial charge in [-0.2, -0.15) is 0 Å². The topological polar surface area (TPSA) is 88.4 Å². The average Bonchev–Trinajstić information content (AvgIpc) is 2.97. The van der Waals surface area contributed by atoms with Gasteiger partial charge in [0.15, 0.2) is 17.5 Å². The third-order valence-corrected chi connectivity index (χ3v) is 4.87. The van der Waals surface area contributed by atoms with Crippen LogP contribution in [0.5, 0.6) is 11.5 Å². The van der Waals surface area contributed by atoms with Crippen molar-refractivity contribution in [1.82, 2.24) is 0 Å². The normalized spacial score (nSPS) is 17.9. The highest BCUT2D eigenvalue weighted by molar-refractivity contribution is 8.14. The quantitative estimate of drug-likeness (QED) is 0.749. The maximum Gasteiger partial charge on any atom is 0.329 e. The van der Waals surface area contributed by atoms with Gasteiger partial charge in [0.2, 0.25) is 0 Å². The zero-order valence-corrected chi connectivity index (χ0v) is 16.7. The molecule has 0 fully saturated rings. The number of carboxylic acids is 1. The predicted octanol–water partition coefficient (Wildman–Crippen LogP) is 3.70. The molecular formula is C19H27NO5S. The molecule has 0 amide bonds. The van der Waals surface area contributed by atoms with Crippen LogP contribution in [-0.4, -0.2) is 50.8 Å². The van der Waals surface area contributed by atoms with Crippen LogP contribution in [-0.2, 0) is 9.53 Å². The number of rotatable bonds is 7. The number of benzene rings is 1. The molecule has 1 aromatic carbocycles. The molecule has 26 heavy (non-hydrogen) atoms. The number of phenolic OH excluding ortho intramolecular Hbond substituents is 1. The lowest BCUT2D eigenvalue weighted by atomic mass is 10.1. The molecule has 0 spiro atoms. The van der Waals surface area contributed by atoms with Gasteiger partial charge in [0.05, 0.1) is 17.8 Å². The summed E-state index contributed by atoms with van der Waals surface area (Å²) in [5.74, 6) is -0.260. The van der Waals surface area contributed by atoms with Crippen LogP contribution in [0.3, 0.4) is 0 Å². The molecule has 0 aliphatic carbocycles. The SMILES string of the molecule is CC(C)(C)OCCC(C)(C)Oc1cccc(C2=N[C@@H](C(=O)O)CS2)c1O. The monoisotopic (exact) mass is 381 g/mol. The average molecular weight is 381 g/mol. The van der Waals surface area contributed by atoms with Gasteiger partial charge in [-0.3, -0.25) is 4.99 Å². The molecule has 0 saturated carbocycles. The van der Waals surface area contributed by atoms with Gasteiger partial charge in [-0.25, -0.2) is 4.79 Å². The van der Waals surface area contributed by atoms with Crippen LogP contribution in [0.4, 0.5) is 0 Å². The molecule has 2 rings (SSSR count). The Balaban J connectivity index is 2.11. The summed E-state index contributed by atoms with van der Waals surface area (Å²) >= 11 is 1.32. The summed E-state index contributed by atoms with van der Waals surface area (Å²) in [5, 5.41) is 20.2. The molecule has 144 valence electrons. The lowest BCUT2D eigenvalue weighted by Crippen LogP contribution is -2.32. The van der Waals surface area contributed by atoms with Gasteiger partial charge >= 0.3 is 5.97 Å². The number of phenols is 1. The molecule has 0 saturated heterocycles. The van der Waals surface area contributed by atoms with Crippen LogP contribution in [0.1, 0.15) is 46.6 Å². The van der Waals surface area contributed by atoms with Crippen LogP contribution < -0.4 is 4.74 Å². The summed E-state index contributed by atoms with van der Waals surface area (Å²) in [6.07, 6.45) is 0.657. The summed E-state index contributed by atoms with van der Waals surface area (Å²) in [7, 11) is 0. The fourth-order valence-corrected chi connectivity index (χ4v) is 3.43. The van der Waals surface area contributed by atoms with E-state index in [-0.39, 0.29) is 11.4 Å². The third-order valence-electron chi connectivity index (χ3n) is 3.79. The molecule has 0 radical (unpaired) electrons. The molecular weight excluding hydrogens is 354 g/mol. The van der Waals surface area contributed by atoms with Crippen molar-refractivity contribution in [2.45, 2.75) is 58.3 Å². The molecule has 0 aromatic heterocycles. The smallest absolute Gasteiger partial charge is 0.329 e. The Hall–Kier alpha value is -1.73. The minimum atomic E-state index is -0.959. The first-order valence-corrected chi connectivity index (χ1v) is 9.56. The number of hydrogen-bond acceptors (Lipinski definition) is 6. The van der Waals surface area contributed by atoms with Gasteiger partial charge in [0, 0.05) is 12.2 Å². The summed E-state index contributed by atoms with van der Waals surface area (Å²) < 4.78 is 11.8. The standard InChI is InChI=1S/C19H27NO5S/c1-18(2,3)24-10-9-19(4,5)25-14-8-6-7-12(15(14)21)16-20-13(11-26-16)17(22)23/h6-8,13,21H,9-11H2,1-5H3,(H,22,23)/t13-/m1/s1. The Labute approximate surface area is 158 Å². The highest BCUT2D eigenvalue weighted by atomic mass is 32.2. The van der Waals surface area contributed by atoms with Crippen molar-refractivity contribution in [3.63, 3.8) is 0 Å². The van der Waals surface area contributed by atoms with Crippen molar-refractivity contribution in [2.75, 3.05) is 12.4 Å². The zero-order chi connectivity index (χ0) is 19.5. The predicted molar refractivity (Wildman–Crippen MR) is 104 cm³/mol. The highest BCUT2D eigenvalue weighted by Gasteiger charge is 2.28. The van der Waals surface area contributed by atoms with Gasteiger partial charge in [0.1, 0.15) is 10.6 Å². The lowest BCUT2D eigenvalue weighted by Gasteiger charge is -2.29. The largest absolute Gasteiger partial charge is 0.504 e. The number of carbonyl (C=O) groups is 1. The number of carboxylic acid groups (broad SMARTS) is 1. The Bertz CT molecular complexity index is 694. The fraction of sp³-hybridized carbons (Fsp3) is 0.579. The van der Waals surface area contributed by atoms with E-state index in [9.17, 15) is 9.90 Å². The van der Waals surface area contributed by atoms with Gasteiger partial charge in [0.25, 0.3) is 0 Å². The van der Waals surface area contributed by atoms with E-state index < -0.39 is 17.6 Å². The maximum absolute atomic E-state index is 11.1. The molecule has 1 aliphatic heterocycles. The molecule has 0 unspecified atom stereocenters. The maximum atomic E-state index is 11.1. The molecule has 6 nitrogen and oxygen atoms in total. The van der Waals surface area contributed by atoms with Crippen molar-refractivity contribution in [1.29, 1.82) is 0 Å². The molecule has 2 N–H and O–H groups in total. The van der Waals surface area contributed by atoms with Crippen molar-refractivity contribution in [3.05, 3.63) is 23.8 Å². The van der Waals surface area contributed by atoms with Crippen LogP contribution in [0.15, 0.2) is 23.2 Å². The molecule has 1 aliphatic rings. The van der Waals surface area contributed by atoms with Crippen LogP contribution in [0, 0.1) is 0 Å². The summed E-state index contributed by atoms with van der Waals surface area (Å²) in [6, 6.07) is 4.40. The van der Waals surface area contributed by atoms with Gasteiger partial charge in [-0.15, -0.1) is 11.8 Å². The Kier molecular flexibility index (Phi) is 6.24. The number of aliphatic carboxylic acids is 1. The van der Waals surface area contributed by atoms with E-state index in [0.29, 0.717) is 35.1 Å². The highest BCUT2D eigenvalue weighted by Crippen LogP contribution is 2.37. The summed E-state index contributed by atoms with van der Waals surface area (Å²) in [5.41, 5.74) is -0.246. The zero-order valence-electron chi connectivity index (χ0n) is 15.9. The number of thioether (sulfide) groups is 1. The molecule has 1 heterocycles. The van der Waals surface area contributed by atoms with Gasteiger partial charge < -0.3 is 19.7 Å². The number of aromatic hydroxyl groups is 1. The van der Waals surface area contributed by atoms with Crippen LogP contribution >= 0.6 is 11.8 Å². The first kappa shape index (κ1) is 20.6. The first-order valence-electron chi connectivity index (χ1n) is 8.57. The molecule has 1 atom stereocenters. The van der Waals surface area contributed by atoms with Gasteiger partial charge in [-0.1, -0.05) is 6.07 Å². The number of ether oxygens (including phenoxy) is 2. The van der Waals surface area contributed by atoms with Crippen molar-refractivity contribution >= 4 is 22.8 Å².